The molecule has 5 rings (SSSR count). The quantitative estimate of drug-likeness (QED) is 0.342. The molecule has 0 unspecified atom stereocenters. The summed E-state index contributed by atoms with van der Waals surface area (Å²) in [6, 6.07) is 7.56. The number of para-hydroxylation sites is 1. The second-order valence-corrected chi connectivity index (χ2v) is 11.7. The molecule has 2 heterocycles. The molecule has 4 aliphatic rings. The highest BCUT2D eigenvalue weighted by Crippen LogP contribution is 2.57. The minimum atomic E-state index is -1.59. The first-order chi connectivity index (χ1) is 18.6. The summed E-state index contributed by atoms with van der Waals surface area (Å²) in [6.07, 6.45) is 5.63. The average molecular weight is 531 g/mol. The first-order valence-electron chi connectivity index (χ1n) is 13.8. The van der Waals surface area contributed by atoms with Gasteiger partial charge in [0.05, 0.1) is 18.0 Å². The van der Waals surface area contributed by atoms with E-state index in [1.807, 2.05) is 50.3 Å². The molecule has 2 fully saturated rings. The standard InChI is InChI=1S/C32H38N2O5/c1-17-8-7-10-23-30(38)20(4)19(3)28-25(15-21-16-33-24-11-6-5-9-22(21)24)34-31(39)32(23,28)27(36)13-12-26(35)29(37)18(2)14-17/h5-7,9-14,17,19,23,25-26,28-30,35,37-38H,4,8,15-16H2,1-3H3,(H,34,39)/b10-7-,13-12-,18-14-/t17-,19+,23-,25-,26-,28-,29+,30+,32+/m0/s1. The zero-order valence-corrected chi connectivity index (χ0v) is 22.7. The van der Waals surface area contributed by atoms with Crippen LogP contribution in [0.25, 0.3) is 5.57 Å². The third-order valence-corrected chi connectivity index (χ3v) is 9.25. The number of nitrogens with zero attached hydrogens (tertiary/aromatic N) is 1. The molecule has 39 heavy (non-hydrogen) atoms. The molecule has 1 aromatic rings. The Bertz CT molecular complexity index is 1410. The first kappa shape index (κ1) is 27.4. The predicted octanol–water partition coefficient (Wildman–Crippen LogP) is 1.53. The van der Waals surface area contributed by atoms with Gasteiger partial charge in [-0.1, -0.05) is 56.9 Å². The van der Waals surface area contributed by atoms with Crippen molar-refractivity contribution in [2.75, 3.05) is 6.54 Å². The second kappa shape index (κ2) is 10.5. The lowest BCUT2D eigenvalue weighted by atomic mass is 9.52. The largest absolute Gasteiger partial charge is 0.388 e. The van der Waals surface area contributed by atoms with Crippen molar-refractivity contribution in [3.63, 3.8) is 0 Å². The Kier molecular flexibility index (Phi) is 7.35. The summed E-state index contributed by atoms with van der Waals surface area (Å²) in [5, 5.41) is 37.9. The van der Waals surface area contributed by atoms with Gasteiger partial charge in [0.25, 0.3) is 0 Å². The molecule has 1 aromatic carbocycles. The van der Waals surface area contributed by atoms with Gasteiger partial charge < -0.3 is 20.6 Å². The van der Waals surface area contributed by atoms with Crippen molar-refractivity contribution in [2.24, 2.45) is 34.1 Å². The molecule has 0 aromatic heterocycles. The number of hydrogen-bond acceptors (Lipinski definition) is 6. The molecule has 1 saturated carbocycles. The Morgan fingerprint density at radius 2 is 1.85 bits per heavy atom. The van der Waals surface area contributed by atoms with E-state index in [0.717, 1.165) is 16.1 Å². The summed E-state index contributed by atoms with van der Waals surface area (Å²) in [5.41, 5.74) is 0.727. The summed E-state index contributed by atoms with van der Waals surface area (Å²) < 4.78 is 0. The van der Waals surface area contributed by atoms with Gasteiger partial charge in [-0.25, -0.2) is 0 Å². The van der Waals surface area contributed by atoms with Crippen LogP contribution < -0.4 is 15.9 Å². The maximum absolute atomic E-state index is 14.2. The Morgan fingerprint density at radius 3 is 2.62 bits per heavy atom. The van der Waals surface area contributed by atoms with Crippen molar-refractivity contribution in [3.8, 4) is 0 Å². The van der Waals surface area contributed by atoms with Crippen LogP contribution in [0.15, 0.2) is 77.4 Å². The highest BCUT2D eigenvalue weighted by molar-refractivity contribution is 6.13. The monoisotopic (exact) mass is 530 g/mol. The molecule has 7 nitrogen and oxygen atoms in total. The van der Waals surface area contributed by atoms with Gasteiger partial charge in [0, 0.05) is 23.1 Å². The van der Waals surface area contributed by atoms with Gasteiger partial charge in [0.2, 0.25) is 5.91 Å². The van der Waals surface area contributed by atoms with Gasteiger partial charge in [-0.05, 0) is 66.5 Å². The van der Waals surface area contributed by atoms with Crippen LogP contribution in [0.1, 0.15) is 33.6 Å². The molecule has 2 aliphatic carbocycles. The van der Waals surface area contributed by atoms with Crippen LogP contribution in [-0.4, -0.2) is 57.9 Å². The van der Waals surface area contributed by atoms with Crippen molar-refractivity contribution in [3.05, 3.63) is 82.9 Å². The SMILES string of the molecule is C=C1[C@@H](C)[C@H]2[C@H](CC3=c4ccccc4=NC3)NC(=O)[C@]23C(=O)/C=C\[C@H](O)[C@H](O)/C(C)=C\[C@@H](C)C/C=C\[C@H]3[C@@H]1O. The lowest BCUT2D eigenvalue weighted by Crippen LogP contribution is -2.58. The molecule has 1 saturated heterocycles. The van der Waals surface area contributed by atoms with E-state index in [4.69, 9.17) is 0 Å². The van der Waals surface area contributed by atoms with E-state index < -0.39 is 47.3 Å². The molecule has 1 amide bonds. The van der Waals surface area contributed by atoms with E-state index in [2.05, 4.69) is 16.9 Å². The molecule has 0 radical (unpaired) electrons. The van der Waals surface area contributed by atoms with Crippen LogP contribution >= 0.6 is 0 Å². The van der Waals surface area contributed by atoms with Crippen molar-refractivity contribution in [1.29, 1.82) is 0 Å². The van der Waals surface area contributed by atoms with Crippen LogP contribution in [0.2, 0.25) is 0 Å². The summed E-state index contributed by atoms with van der Waals surface area (Å²) in [6.45, 7) is 10.4. The molecule has 7 heteroatoms. The number of allylic oxidation sites excluding steroid dienone is 3. The van der Waals surface area contributed by atoms with Crippen molar-refractivity contribution in [2.45, 2.75) is 58.0 Å². The third kappa shape index (κ3) is 4.46. The third-order valence-electron chi connectivity index (χ3n) is 9.25. The molecule has 206 valence electrons. The number of rotatable bonds is 2. The minimum absolute atomic E-state index is 0.0332. The highest BCUT2D eigenvalue weighted by Gasteiger charge is 2.68. The van der Waals surface area contributed by atoms with Gasteiger partial charge >= 0.3 is 0 Å². The van der Waals surface area contributed by atoms with Gasteiger partial charge in [0.15, 0.2) is 5.78 Å². The summed E-state index contributed by atoms with van der Waals surface area (Å²) in [5.74, 6) is -2.49. The number of carbonyl (C=O) groups excluding carboxylic acids is 2. The fourth-order valence-electron chi connectivity index (χ4n) is 7.19. The number of aliphatic hydroxyl groups excluding tert-OH is 3. The molecule has 4 N–H and O–H groups in total. The van der Waals surface area contributed by atoms with E-state index >= 15 is 0 Å². The first-order valence-corrected chi connectivity index (χ1v) is 13.8. The highest BCUT2D eigenvalue weighted by atomic mass is 16.3. The fourth-order valence-corrected chi connectivity index (χ4v) is 7.19. The van der Waals surface area contributed by atoms with Crippen molar-refractivity contribution >= 4 is 17.3 Å². The molecule has 2 aliphatic heterocycles. The van der Waals surface area contributed by atoms with Crippen LogP contribution in [0.5, 0.6) is 0 Å². The maximum Gasteiger partial charge on any atom is 0.235 e. The van der Waals surface area contributed by atoms with E-state index in [1.165, 1.54) is 12.2 Å². The number of fused-ring (bicyclic) bond motifs is 1. The number of nitrogens with one attached hydrogen (secondary N) is 1. The molecular formula is C32H38N2O5. The van der Waals surface area contributed by atoms with Gasteiger partial charge in [-0.2, -0.15) is 0 Å². The van der Waals surface area contributed by atoms with Gasteiger partial charge in [-0.3, -0.25) is 14.6 Å². The van der Waals surface area contributed by atoms with Crippen LogP contribution in [0, 0.1) is 29.1 Å². The molecular weight excluding hydrogens is 492 g/mol. The van der Waals surface area contributed by atoms with Crippen LogP contribution in [0.4, 0.5) is 0 Å². The van der Waals surface area contributed by atoms with Crippen molar-refractivity contribution in [1.82, 2.24) is 5.32 Å². The Labute approximate surface area is 229 Å². The summed E-state index contributed by atoms with van der Waals surface area (Å²) in [4.78, 5) is 32.9. The second-order valence-electron chi connectivity index (χ2n) is 11.7. The smallest absolute Gasteiger partial charge is 0.235 e. The number of amides is 1. The van der Waals surface area contributed by atoms with E-state index in [9.17, 15) is 24.9 Å². The number of ketones is 1. The predicted molar refractivity (Wildman–Crippen MR) is 149 cm³/mol. The zero-order valence-electron chi connectivity index (χ0n) is 22.7. The van der Waals surface area contributed by atoms with E-state index in [0.29, 0.717) is 30.5 Å². The number of hydrogen-bond donors (Lipinski definition) is 4. The maximum atomic E-state index is 14.2. The van der Waals surface area contributed by atoms with E-state index in [1.54, 1.807) is 13.0 Å². The minimum Gasteiger partial charge on any atom is -0.388 e. The number of benzene rings is 1. The lowest BCUT2D eigenvalue weighted by molar-refractivity contribution is -0.148. The zero-order chi connectivity index (χ0) is 28.1. The lowest BCUT2D eigenvalue weighted by Gasteiger charge is -2.49. The van der Waals surface area contributed by atoms with Gasteiger partial charge in [-0.15, -0.1) is 0 Å². The van der Waals surface area contributed by atoms with E-state index in [-0.39, 0.29) is 17.9 Å². The Morgan fingerprint density at radius 1 is 1.10 bits per heavy atom. The van der Waals surface area contributed by atoms with Gasteiger partial charge in [0.1, 0.15) is 17.6 Å². The Hall–Kier alpha value is -3.13. The fraction of sp³-hybridized carbons (Fsp3) is 0.469. The molecule has 1 spiro atoms. The summed E-state index contributed by atoms with van der Waals surface area (Å²) in [7, 11) is 0. The normalized spacial score (nSPS) is 41.4. The average Bonchev–Trinajstić information content (AvgIpc) is 3.45. The van der Waals surface area contributed by atoms with Crippen molar-refractivity contribution < 1.29 is 24.9 Å². The number of carbonyl (C=O) groups is 2. The van der Waals surface area contributed by atoms with Crippen LogP contribution in [0.3, 0.4) is 0 Å². The summed E-state index contributed by atoms with van der Waals surface area (Å²) >= 11 is 0. The van der Waals surface area contributed by atoms with Crippen LogP contribution in [-0.2, 0) is 9.59 Å². The molecule has 9 atom stereocenters. The number of aliphatic hydroxyl groups is 3. The topological polar surface area (TPSA) is 119 Å². The molecule has 0 bridgehead atoms. The Balaban J connectivity index is 1.63.